The molecule has 1 fully saturated rings. The molecule has 36 heavy (non-hydrogen) atoms. The third kappa shape index (κ3) is 5.41. The van der Waals surface area contributed by atoms with Gasteiger partial charge in [0, 0.05) is 18.5 Å². The average molecular weight is 493 g/mol. The lowest BCUT2D eigenvalue weighted by Gasteiger charge is -2.26. The van der Waals surface area contributed by atoms with Crippen molar-refractivity contribution in [2.45, 2.75) is 51.7 Å². The van der Waals surface area contributed by atoms with Crippen LogP contribution in [0, 0.1) is 0 Å². The lowest BCUT2D eigenvalue weighted by Crippen LogP contribution is -2.32. The van der Waals surface area contributed by atoms with Crippen molar-refractivity contribution < 1.29 is 24.2 Å². The maximum absolute atomic E-state index is 13.3. The average Bonchev–Trinajstić information content (AvgIpc) is 3.34. The minimum atomic E-state index is -0.690. The summed E-state index contributed by atoms with van der Waals surface area (Å²) in [5, 5.41) is 11.4. The third-order valence-corrected chi connectivity index (χ3v) is 6.65. The zero-order valence-electron chi connectivity index (χ0n) is 21.6. The molecule has 0 unspecified atom stereocenters. The van der Waals surface area contributed by atoms with Gasteiger partial charge in [-0.3, -0.25) is 9.59 Å². The zero-order chi connectivity index (χ0) is 25.8. The van der Waals surface area contributed by atoms with Gasteiger partial charge in [-0.1, -0.05) is 25.5 Å². The molecule has 7 heteroatoms. The van der Waals surface area contributed by atoms with Crippen LogP contribution in [0.25, 0.3) is 5.76 Å². The van der Waals surface area contributed by atoms with Crippen molar-refractivity contribution >= 4 is 17.4 Å². The van der Waals surface area contributed by atoms with E-state index >= 15 is 0 Å². The molecule has 0 bridgehead atoms. The van der Waals surface area contributed by atoms with Gasteiger partial charge >= 0.3 is 0 Å². The van der Waals surface area contributed by atoms with Crippen LogP contribution < -0.4 is 9.47 Å². The van der Waals surface area contributed by atoms with Gasteiger partial charge in [-0.15, -0.1) is 0 Å². The van der Waals surface area contributed by atoms with Crippen molar-refractivity contribution in [3.8, 4) is 11.5 Å². The first-order chi connectivity index (χ1) is 17.3. The van der Waals surface area contributed by atoms with Crippen LogP contribution in [0.1, 0.15) is 55.8 Å². The van der Waals surface area contributed by atoms with E-state index in [1.165, 1.54) is 0 Å². The molecule has 1 amide bonds. The molecule has 2 heterocycles. The molecule has 1 N–H and O–H groups in total. The third-order valence-electron chi connectivity index (χ3n) is 6.65. The summed E-state index contributed by atoms with van der Waals surface area (Å²) in [4.78, 5) is 30.1. The lowest BCUT2D eigenvalue weighted by molar-refractivity contribution is -0.139. The molecule has 7 nitrogen and oxygen atoms in total. The molecular formula is C29H36N2O5. The summed E-state index contributed by atoms with van der Waals surface area (Å²) in [6.45, 7) is 5.87. The van der Waals surface area contributed by atoms with Crippen LogP contribution in [0.4, 0.5) is 0 Å². The fraction of sp³-hybridized carbons (Fsp3) is 0.448. The van der Waals surface area contributed by atoms with Crippen molar-refractivity contribution in [2.75, 3.05) is 33.8 Å². The van der Waals surface area contributed by atoms with Gasteiger partial charge in [0.1, 0.15) is 23.4 Å². The number of hydrogen-bond acceptors (Lipinski definition) is 6. The molecule has 2 aromatic carbocycles. The van der Waals surface area contributed by atoms with Crippen molar-refractivity contribution in [1.82, 2.24) is 9.80 Å². The molecule has 2 aromatic rings. The molecule has 1 saturated heterocycles. The van der Waals surface area contributed by atoms with Gasteiger partial charge in [0.05, 0.1) is 18.2 Å². The van der Waals surface area contributed by atoms with Crippen LogP contribution in [-0.2, 0) is 16.0 Å². The van der Waals surface area contributed by atoms with E-state index in [1.807, 2.05) is 62.3 Å². The molecule has 2 aliphatic rings. The Balaban J connectivity index is 1.75. The van der Waals surface area contributed by atoms with Crippen molar-refractivity contribution in [3.05, 3.63) is 64.7 Å². The molecule has 0 aromatic heterocycles. The quantitative estimate of drug-likeness (QED) is 0.227. The molecular weight excluding hydrogens is 456 g/mol. The predicted octanol–water partition coefficient (Wildman–Crippen LogP) is 4.56. The van der Waals surface area contributed by atoms with Gasteiger partial charge in [0.2, 0.25) is 0 Å². The van der Waals surface area contributed by atoms with E-state index in [9.17, 15) is 14.7 Å². The first-order valence-electron chi connectivity index (χ1n) is 12.8. The molecule has 2 atom stereocenters. The standard InChI is InChI=1S/C29H36N2O5/c1-5-6-15-35-23-10-7-9-20(18-23)26-25(28(33)29(34)31(26)14-8-13-30(3)4)27(32)21-11-12-24-22(17-21)16-19(2)36-24/h7,9-12,17-19,26,32H,5-6,8,13-16H2,1-4H3/t19-,26-/m0/s1. The Labute approximate surface area is 213 Å². The molecule has 2 aliphatic heterocycles. The van der Waals surface area contributed by atoms with Crippen molar-refractivity contribution in [2.24, 2.45) is 0 Å². The molecule has 0 radical (unpaired) electrons. The van der Waals surface area contributed by atoms with Crippen LogP contribution in [0.15, 0.2) is 48.0 Å². The zero-order valence-corrected chi connectivity index (χ0v) is 21.6. The van der Waals surface area contributed by atoms with Crippen LogP contribution in [0.5, 0.6) is 11.5 Å². The number of benzene rings is 2. The maximum atomic E-state index is 13.3. The van der Waals surface area contributed by atoms with Gasteiger partial charge in [0.15, 0.2) is 0 Å². The summed E-state index contributed by atoms with van der Waals surface area (Å²) >= 11 is 0. The van der Waals surface area contributed by atoms with E-state index in [4.69, 9.17) is 9.47 Å². The number of ether oxygens (including phenoxy) is 2. The SMILES string of the molecule is CCCCOc1cccc([C@H]2C(=C(O)c3ccc4c(c3)C[C@H](C)O4)C(=O)C(=O)N2CCCN(C)C)c1. The first kappa shape index (κ1) is 25.8. The number of nitrogens with zero attached hydrogens (tertiary/aromatic N) is 2. The second kappa shape index (κ2) is 11.2. The monoisotopic (exact) mass is 492 g/mol. The van der Waals surface area contributed by atoms with Gasteiger partial charge in [-0.25, -0.2) is 0 Å². The van der Waals surface area contributed by atoms with Gasteiger partial charge in [-0.2, -0.15) is 0 Å². The number of rotatable bonds is 10. The van der Waals surface area contributed by atoms with Crippen LogP contribution in [-0.4, -0.2) is 66.5 Å². The van der Waals surface area contributed by atoms with Gasteiger partial charge in [-0.05, 0) is 81.9 Å². The predicted molar refractivity (Wildman–Crippen MR) is 139 cm³/mol. The highest BCUT2D eigenvalue weighted by atomic mass is 16.5. The van der Waals surface area contributed by atoms with Crippen LogP contribution in [0.2, 0.25) is 0 Å². The Hall–Kier alpha value is -3.32. The Bertz CT molecular complexity index is 1160. The van der Waals surface area contributed by atoms with Gasteiger partial charge in [0.25, 0.3) is 11.7 Å². The number of fused-ring (bicyclic) bond motifs is 1. The highest BCUT2D eigenvalue weighted by molar-refractivity contribution is 6.46. The fourth-order valence-corrected chi connectivity index (χ4v) is 4.85. The number of carbonyl (C=O) groups excluding carboxylic acids is 2. The number of unbranched alkanes of at least 4 members (excludes halogenated alkanes) is 1. The second-order valence-corrected chi connectivity index (χ2v) is 9.88. The Morgan fingerprint density at radius 1 is 1.17 bits per heavy atom. The molecule has 0 spiro atoms. The molecule has 192 valence electrons. The van der Waals surface area contributed by atoms with E-state index in [-0.39, 0.29) is 17.4 Å². The summed E-state index contributed by atoms with van der Waals surface area (Å²) in [5.41, 5.74) is 2.35. The number of likely N-dealkylation sites (tertiary alicyclic amines) is 1. The van der Waals surface area contributed by atoms with Gasteiger partial charge < -0.3 is 24.4 Å². The number of aliphatic hydroxyl groups excluding tert-OH is 1. The van der Waals surface area contributed by atoms with Crippen LogP contribution >= 0.6 is 0 Å². The first-order valence-corrected chi connectivity index (χ1v) is 12.8. The summed E-state index contributed by atoms with van der Waals surface area (Å²) in [7, 11) is 3.95. The summed E-state index contributed by atoms with van der Waals surface area (Å²) in [5.74, 6) is 0.0637. The second-order valence-electron chi connectivity index (χ2n) is 9.88. The van der Waals surface area contributed by atoms with E-state index in [2.05, 4.69) is 6.92 Å². The fourth-order valence-electron chi connectivity index (χ4n) is 4.85. The van der Waals surface area contributed by atoms with Crippen molar-refractivity contribution in [3.63, 3.8) is 0 Å². The Kier molecular flexibility index (Phi) is 7.99. The minimum absolute atomic E-state index is 0.0649. The summed E-state index contributed by atoms with van der Waals surface area (Å²) in [6.07, 6.45) is 3.47. The van der Waals surface area contributed by atoms with E-state index < -0.39 is 17.7 Å². The maximum Gasteiger partial charge on any atom is 0.295 e. The van der Waals surface area contributed by atoms with Crippen LogP contribution in [0.3, 0.4) is 0 Å². The number of aliphatic hydroxyl groups is 1. The highest BCUT2D eigenvalue weighted by Gasteiger charge is 2.46. The van der Waals surface area contributed by atoms with E-state index in [0.717, 1.165) is 42.7 Å². The summed E-state index contributed by atoms with van der Waals surface area (Å²) in [6, 6.07) is 12.2. The number of amides is 1. The highest BCUT2D eigenvalue weighted by Crippen LogP contribution is 2.41. The number of carbonyl (C=O) groups is 2. The number of ketones is 1. The smallest absolute Gasteiger partial charge is 0.295 e. The molecule has 4 rings (SSSR count). The molecule has 0 aliphatic carbocycles. The van der Waals surface area contributed by atoms with Crippen molar-refractivity contribution in [1.29, 1.82) is 0 Å². The summed E-state index contributed by atoms with van der Waals surface area (Å²) < 4.78 is 11.7. The lowest BCUT2D eigenvalue weighted by atomic mass is 9.94. The van der Waals surface area contributed by atoms with E-state index in [0.29, 0.717) is 30.9 Å². The topological polar surface area (TPSA) is 79.3 Å². The Morgan fingerprint density at radius 3 is 2.72 bits per heavy atom. The molecule has 0 saturated carbocycles. The minimum Gasteiger partial charge on any atom is -0.507 e. The number of hydrogen-bond donors (Lipinski definition) is 1. The Morgan fingerprint density at radius 2 is 1.97 bits per heavy atom. The normalized spacial score (nSPS) is 20.6. The largest absolute Gasteiger partial charge is 0.507 e. The number of Topliss-reactive ketones (excluding diaryl/α,β-unsaturated/α-hetero) is 1. The van der Waals surface area contributed by atoms with E-state index in [1.54, 1.807) is 11.0 Å².